The SMILES string of the molecule is O=C1c2ccc(Br)cc2CN1Nc1ccccc1. The zero-order valence-corrected chi connectivity index (χ0v) is 11.1. The first-order valence-electron chi connectivity index (χ1n) is 5.66. The van der Waals surface area contributed by atoms with Gasteiger partial charge in [-0.25, -0.2) is 5.01 Å². The Morgan fingerprint density at radius 3 is 2.67 bits per heavy atom. The molecule has 18 heavy (non-hydrogen) atoms. The van der Waals surface area contributed by atoms with E-state index in [1.54, 1.807) is 5.01 Å². The van der Waals surface area contributed by atoms with Crippen molar-refractivity contribution in [2.45, 2.75) is 6.54 Å². The van der Waals surface area contributed by atoms with Gasteiger partial charge in [0.2, 0.25) is 0 Å². The van der Waals surface area contributed by atoms with Crippen molar-refractivity contribution in [2.24, 2.45) is 0 Å². The number of hydrogen-bond donors (Lipinski definition) is 1. The van der Waals surface area contributed by atoms with Crippen molar-refractivity contribution in [3.8, 4) is 0 Å². The Balaban J connectivity index is 1.84. The number of hydrogen-bond acceptors (Lipinski definition) is 2. The van der Waals surface area contributed by atoms with Crippen LogP contribution in [0.25, 0.3) is 0 Å². The summed E-state index contributed by atoms with van der Waals surface area (Å²) in [5.41, 5.74) is 5.85. The van der Waals surface area contributed by atoms with Crippen LogP contribution in [0.4, 0.5) is 5.69 Å². The van der Waals surface area contributed by atoms with E-state index in [1.807, 2.05) is 48.5 Å². The van der Waals surface area contributed by atoms with E-state index >= 15 is 0 Å². The molecule has 0 aromatic heterocycles. The number of carbonyl (C=O) groups is 1. The molecule has 2 aromatic rings. The summed E-state index contributed by atoms with van der Waals surface area (Å²) in [5, 5.41) is 1.63. The highest BCUT2D eigenvalue weighted by molar-refractivity contribution is 9.10. The minimum absolute atomic E-state index is 0.0151. The van der Waals surface area contributed by atoms with Gasteiger partial charge >= 0.3 is 0 Å². The minimum atomic E-state index is 0.0151. The molecule has 0 saturated carbocycles. The van der Waals surface area contributed by atoms with Gasteiger partial charge in [-0.2, -0.15) is 0 Å². The maximum atomic E-state index is 12.2. The molecule has 0 bridgehead atoms. The maximum Gasteiger partial charge on any atom is 0.272 e. The smallest absolute Gasteiger partial charge is 0.272 e. The fourth-order valence-corrected chi connectivity index (χ4v) is 2.46. The van der Waals surface area contributed by atoms with Crippen LogP contribution in [-0.4, -0.2) is 10.9 Å². The van der Waals surface area contributed by atoms with Gasteiger partial charge in [0.1, 0.15) is 0 Å². The first-order chi connectivity index (χ1) is 8.74. The van der Waals surface area contributed by atoms with Crippen molar-refractivity contribution in [1.82, 2.24) is 5.01 Å². The normalized spacial score (nSPS) is 13.6. The van der Waals surface area contributed by atoms with Crippen molar-refractivity contribution < 1.29 is 4.79 Å². The zero-order valence-electron chi connectivity index (χ0n) is 9.56. The Labute approximate surface area is 114 Å². The molecule has 0 fully saturated rings. The number of hydrazine groups is 1. The van der Waals surface area contributed by atoms with E-state index in [0.717, 1.165) is 21.3 Å². The van der Waals surface area contributed by atoms with Gasteiger partial charge in [0.05, 0.1) is 12.2 Å². The Morgan fingerprint density at radius 1 is 1.11 bits per heavy atom. The van der Waals surface area contributed by atoms with Gasteiger partial charge in [0.25, 0.3) is 5.91 Å². The van der Waals surface area contributed by atoms with Crippen molar-refractivity contribution >= 4 is 27.5 Å². The van der Waals surface area contributed by atoms with E-state index in [9.17, 15) is 4.79 Å². The summed E-state index contributed by atoms with van der Waals surface area (Å²) in [6.07, 6.45) is 0. The Morgan fingerprint density at radius 2 is 1.89 bits per heavy atom. The third-order valence-corrected chi connectivity index (χ3v) is 3.40. The van der Waals surface area contributed by atoms with E-state index in [2.05, 4.69) is 21.4 Å². The largest absolute Gasteiger partial charge is 0.295 e. The molecule has 4 heteroatoms. The van der Waals surface area contributed by atoms with E-state index in [-0.39, 0.29) is 5.91 Å². The first kappa shape index (κ1) is 11.3. The van der Waals surface area contributed by atoms with Crippen molar-refractivity contribution in [1.29, 1.82) is 0 Å². The van der Waals surface area contributed by atoms with Gasteiger partial charge in [-0.1, -0.05) is 34.1 Å². The summed E-state index contributed by atoms with van der Waals surface area (Å²) < 4.78 is 0.996. The number of halogens is 1. The molecule has 1 aliphatic rings. The molecule has 1 amide bonds. The second-order valence-electron chi connectivity index (χ2n) is 4.17. The van der Waals surface area contributed by atoms with Crippen LogP contribution in [0.15, 0.2) is 53.0 Å². The highest BCUT2D eigenvalue weighted by Gasteiger charge is 2.27. The third-order valence-electron chi connectivity index (χ3n) is 2.91. The van der Waals surface area contributed by atoms with Crippen molar-refractivity contribution in [3.63, 3.8) is 0 Å². The molecule has 1 N–H and O–H groups in total. The van der Waals surface area contributed by atoms with Gasteiger partial charge in [0.15, 0.2) is 0 Å². The van der Waals surface area contributed by atoms with Crippen LogP contribution in [0.3, 0.4) is 0 Å². The molecule has 2 aromatic carbocycles. The summed E-state index contributed by atoms with van der Waals surface area (Å²) >= 11 is 3.42. The summed E-state index contributed by atoms with van der Waals surface area (Å²) in [7, 11) is 0. The minimum Gasteiger partial charge on any atom is -0.295 e. The number of para-hydroxylation sites is 1. The molecule has 3 nitrogen and oxygen atoms in total. The lowest BCUT2D eigenvalue weighted by molar-refractivity contribution is 0.0814. The lowest BCUT2D eigenvalue weighted by Gasteiger charge is -2.18. The number of carbonyl (C=O) groups excluding carboxylic acids is 1. The van der Waals surface area contributed by atoms with Gasteiger partial charge in [-0.3, -0.25) is 10.2 Å². The third kappa shape index (κ3) is 1.99. The summed E-state index contributed by atoms with van der Waals surface area (Å²) in [4.78, 5) is 12.2. The number of nitrogens with one attached hydrogen (secondary N) is 1. The van der Waals surface area contributed by atoms with Crippen molar-refractivity contribution in [3.05, 3.63) is 64.1 Å². The summed E-state index contributed by atoms with van der Waals surface area (Å²) in [6, 6.07) is 15.4. The molecule has 0 saturated heterocycles. The Kier molecular flexibility index (Phi) is 2.80. The summed E-state index contributed by atoms with van der Waals surface area (Å²) in [5.74, 6) is 0.0151. The predicted molar refractivity (Wildman–Crippen MR) is 74.1 cm³/mol. The monoisotopic (exact) mass is 302 g/mol. The van der Waals surface area contributed by atoms with Crippen LogP contribution in [0.5, 0.6) is 0 Å². The molecule has 0 spiro atoms. The van der Waals surface area contributed by atoms with Gasteiger partial charge in [-0.05, 0) is 35.9 Å². The Hall–Kier alpha value is -1.81. The van der Waals surface area contributed by atoms with Gasteiger partial charge in [0, 0.05) is 10.0 Å². The first-order valence-corrected chi connectivity index (χ1v) is 6.45. The molecular weight excluding hydrogens is 292 g/mol. The number of amides is 1. The lowest BCUT2D eigenvalue weighted by atomic mass is 10.1. The highest BCUT2D eigenvalue weighted by Crippen LogP contribution is 2.26. The molecule has 1 aliphatic heterocycles. The van der Waals surface area contributed by atoms with Crippen LogP contribution >= 0.6 is 15.9 Å². The number of rotatable bonds is 2. The number of fused-ring (bicyclic) bond motifs is 1. The standard InChI is InChI=1S/C14H11BrN2O/c15-11-6-7-13-10(8-11)9-17(14(13)18)16-12-4-2-1-3-5-12/h1-8,16H,9H2. The van der Waals surface area contributed by atoms with Crippen LogP contribution < -0.4 is 5.43 Å². The number of nitrogens with zero attached hydrogens (tertiary/aromatic N) is 1. The van der Waals surface area contributed by atoms with E-state index in [4.69, 9.17) is 0 Å². The topological polar surface area (TPSA) is 32.3 Å². The second kappa shape index (κ2) is 4.46. The number of benzene rings is 2. The van der Waals surface area contributed by atoms with Crippen LogP contribution in [0, 0.1) is 0 Å². The quantitative estimate of drug-likeness (QED) is 0.922. The van der Waals surface area contributed by atoms with Crippen LogP contribution in [-0.2, 0) is 6.54 Å². The maximum absolute atomic E-state index is 12.2. The van der Waals surface area contributed by atoms with E-state index in [1.165, 1.54) is 0 Å². The van der Waals surface area contributed by atoms with Gasteiger partial charge < -0.3 is 0 Å². The molecule has 0 atom stereocenters. The Bertz CT molecular complexity index is 598. The molecule has 1 heterocycles. The summed E-state index contributed by atoms with van der Waals surface area (Å²) in [6.45, 7) is 0.586. The second-order valence-corrected chi connectivity index (χ2v) is 5.09. The lowest BCUT2D eigenvalue weighted by Crippen LogP contribution is -2.29. The number of anilines is 1. The highest BCUT2D eigenvalue weighted by atomic mass is 79.9. The van der Waals surface area contributed by atoms with Gasteiger partial charge in [-0.15, -0.1) is 0 Å². The average molecular weight is 303 g/mol. The van der Waals surface area contributed by atoms with Crippen molar-refractivity contribution in [2.75, 3.05) is 5.43 Å². The fraction of sp³-hybridized carbons (Fsp3) is 0.0714. The predicted octanol–water partition coefficient (Wildman–Crippen LogP) is 3.43. The molecule has 0 radical (unpaired) electrons. The van der Waals surface area contributed by atoms with Crippen LogP contribution in [0.2, 0.25) is 0 Å². The molecular formula is C14H11BrN2O. The molecule has 0 aliphatic carbocycles. The molecule has 3 rings (SSSR count). The van der Waals surface area contributed by atoms with Crippen LogP contribution in [0.1, 0.15) is 15.9 Å². The molecule has 0 unspecified atom stereocenters. The fourth-order valence-electron chi connectivity index (χ4n) is 2.05. The molecule has 90 valence electrons. The zero-order chi connectivity index (χ0) is 12.5. The average Bonchev–Trinajstić information content (AvgIpc) is 2.67. The van der Waals surface area contributed by atoms with E-state index in [0.29, 0.717) is 6.54 Å². The van der Waals surface area contributed by atoms with E-state index < -0.39 is 0 Å².